The molecule has 0 spiro atoms. The van der Waals surface area contributed by atoms with Crippen molar-refractivity contribution in [2.24, 2.45) is 17.8 Å². The van der Waals surface area contributed by atoms with Gasteiger partial charge in [0, 0.05) is 38.3 Å². The molecule has 10 nitrogen and oxygen atoms in total. The first kappa shape index (κ1) is 30.8. The van der Waals surface area contributed by atoms with Crippen molar-refractivity contribution in [1.82, 2.24) is 21.3 Å². The van der Waals surface area contributed by atoms with E-state index in [-0.39, 0.29) is 42.4 Å². The van der Waals surface area contributed by atoms with E-state index in [1.54, 1.807) is 0 Å². The zero-order valence-electron chi connectivity index (χ0n) is 22.9. The number of hydrogen-bond acceptors (Lipinski definition) is 6. The molecule has 4 amide bonds. The lowest BCUT2D eigenvalue weighted by Gasteiger charge is -2.28. The zero-order chi connectivity index (χ0) is 28.1. The maximum atomic E-state index is 13.5. The van der Waals surface area contributed by atoms with Crippen LogP contribution in [-0.2, 0) is 30.4 Å². The van der Waals surface area contributed by atoms with E-state index in [2.05, 4.69) is 21.3 Å². The lowest BCUT2D eigenvalue weighted by molar-refractivity contribution is -0.136. The van der Waals surface area contributed by atoms with Crippen LogP contribution in [0.2, 0.25) is 0 Å². The maximum absolute atomic E-state index is 13.5. The van der Waals surface area contributed by atoms with E-state index in [9.17, 15) is 24.0 Å². The van der Waals surface area contributed by atoms with Gasteiger partial charge in [0.05, 0.1) is 13.2 Å². The molecule has 3 atom stereocenters. The second kappa shape index (κ2) is 15.7. The monoisotopic (exact) mass is 530 g/mol. The second-order valence-electron chi connectivity index (χ2n) is 10.3. The number of ketones is 1. The van der Waals surface area contributed by atoms with Crippen LogP contribution in [-0.4, -0.2) is 61.7 Å². The lowest BCUT2D eigenvalue weighted by Crippen LogP contribution is -2.52. The van der Waals surface area contributed by atoms with Crippen molar-refractivity contribution in [2.75, 3.05) is 26.2 Å². The molecule has 4 N–H and O–H groups in total. The maximum Gasteiger partial charge on any atom is 0.243 e. The van der Waals surface area contributed by atoms with Gasteiger partial charge in [-0.25, -0.2) is 0 Å². The number of carbonyl (C=O) groups is 5. The molecule has 38 heavy (non-hydrogen) atoms. The molecule has 0 saturated carbocycles. The normalized spacial score (nSPS) is 20.0. The first-order valence-corrected chi connectivity index (χ1v) is 13.4. The molecular formula is C28H42N4O6. The van der Waals surface area contributed by atoms with Crippen LogP contribution in [0, 0.1) is 17.8 Å². The van der Waals surface area contributed by atoms with Gasteiger partial charge in [-0.2, -0.15) is 0 Å². The predicted octanol–water partition coefficient (Wildman–Crippen LogP) is 1.51. The highest BCUT2D eigenvalue weighted by molar-refractivity contribution is 5.93. The molecule has 1 aromatic carbocycles. The van der Waals surface area contributed by atoms with E-state index >= 15 is 0 Å². The summed E-state index contributed by atoms with van der Waals surface area (Å²) in [6.45, 7) is 7.92. The van der Waals surface area contributed by atoms with Crippen molar-refractivity contribution in [1.29, 1.82) is 0 Å². The van der Waals surface area contributed by atoms with Gasteiger partial charge in [-0.3, -0.25) is 24.0 Å². The molecule has 3 rings (SSSR count). The number of hydrogen-bond donors (Lipinski definition) is 4. The van der Waals surface area contributed by atoms with Crippen LogP contribution in [0.4, 0.5) is 0 Å². The summed E-state index contributed by atoms with van der Waals surface area (Å²) in [6.07, 6.45) is 2.43. The number of Topliss-reactive ketones (excluding diaryl/α,β-unsaturated/α-hetero) is 1. The summed E-state index contributed by atoms with van der Waals surface area (Å²) < 4.78 is 5.82. The van der Waals surface area contributed by atoms with Crippen LogP contribution < -0.4 is 26.0 Å². The van der Waals surface area contributed by atoms with Crippen molar-refractivity contribution >= 4 is 29.4 Å². The Morgan fingerprint density at radius 2 is 1.71 bits per heavy atom. The van der Waals surface area contributed by atoms with Crippen molar-refractivity contribution in [2.45, 2.75) is 65.8 Å². The Balaban J connectivity index is 2.14. The van der Waals surface area contributed by atoms with Gasteiger partial charge in [0.2, 0.25) is 23.6 Å². The van der Waals surface area contributed by atoms with E-state index in [0.29, 0.717) is 51.1 Å². The van der Waals surface area contributed by atoms with Crippen LogP contribution in [0.5, 0.6) is 5.75 Å². The van der Waals surface area contributed by atoms with Crippen molar-refractivity contribution in [3.63, 3.8) is 0 Å². The third-order valence-electron chi connectivity index (χ3n) is 6.47. The van der Waals surface area contributed by atoms with Gasteiger partial charge in [0.15, 0.2) is 0 Å². The lowest BCUT2D eigenvalue weighted by atomic mass is 9.79. The first-order valence-electron chi connectivity index (χ1n) is 13.4. The van der Waals surface area contributed by atoms with E-state index in [1.165, 1.54) is 13.8 Å². The standard InChI is InChI=1S/C28H42N4O6/c1-18(2)15-24-23(19(3)33)7-5-14-38-22-10-8-21(9-11-22)16-25(32-27(24)36)28(37)31-17-26(35)30-13-6-12-29-20(4)34/h8-11,18,23-25H,5-7,12-17H2,1-4H3,(H,29,34)(H,30,35)(H,31,37)(H,32,36)/t23-,24-,25+/m1/s1. The SMILES string of the molecule is CC(=O)NCCCNC(=O)CNC(=O)[C@@H]1Cc2ccc(cc2)OCCC[C@H](C(C)=O)[C@@H](CC(C)C)C(=O)N1. The Kier molecular flexibility index (Phi) is 12.8. The molecule has 10 heteroatoms. The Morgan fingerprint density at radius 3 is 2.34 bits per heavy atom. The number of fused-ring (bicyclic) bond motifs is 11. The van der Waals surface area contributed by atoms with Crippen LogP contribution >= 0.6 is 0 Å². The van der Waals surface area contributed by atoms with Crippen LogP contribution in [0.1, 0.15) is 58.9 Å². The highest BCUT2D eigenvalue weighted by Crippen LogP contribution is 2.27. The van der Waals surface area contributed by atoms with Gasteiger partial charge in [0.25, 0.3) is 0 Å². The summed E-state index contributed by atoms with van der Waals surface area (Å²) in [5.41, 5.74) is 0.820. The third-order valence-corrected chi connectivity index (χ3v) is 6.47. The van der Waals surface area contributed by atoms with Gasteiger partial charge >= 0.3 is 0 Å². The van der Waals surface area contributed by atoms with Gasteiger partial charge < -0.3 is 26.0 Å². The quantitative estimate of drug-likeness (QED) is 0.338. The van der Waals surface area contributed by atoms with E-state index < -0.39 is 23.8 Å². The zero-order valence-corrected chi connectivity index (χ0v) is 22.9. The highest BCUT2D eigenvalue weighted by atomic mass is 16.5. The number of nitrogens with one attached hydrogen (secondary N) is 4. The van der Waals surface area contributed by atoms with Gasteiger partial charge in [-0.15, -0.1) is 0 Å². The summed E-state index contributed by atoms with van der Waals surface area (Å²) in [4.78, 5) is 62.3. The molecular weight excluding hydrogens is 488 g/mol. The van der Waals surface area contributed by atoms with Crippen molar-refractivity contribution in [3.05, 3.63) is 29.8 Å². The fourth-order valence-electron chi connectivity index (χ4n) is 4.52. The van der Waals surface area contributed by atoms with Gasteiger partial charge in [0.1, 0.15) is 17.6 Å². The molecule has 0 aromatic heterocycles. The molecule has 2 heterocycles. The van der Waals surface area contributed by atoms with E-state index in [4.69, 9.17) is 4.74 Å². The second-order valence-corrected chi connectivity index (χ2v) is 10.3. The summed E-state index contributed by atoms with van der Waals surface area (Å²) in [5, 5.41) is 10.8. The Bertz CT molecular complexity index is 963. The molecule has 0 radical (unpaired) electrons. The topological polar surface area (TPSA) is 143 Å². The average Bonchev–Trinajstić information content (AvgIpc) is 2.85. The van der Waals surface area contributed by atoms with Crippen molar-refractivity contribution in [3.8, 4) is 5.75 Å². The van der Waals surface area contributed by atoms with Gasteiger partial charge in [-0.05, 0) is 56.2 Å². The predicted molar refractivity (Wildman–Crippen MR) is 143 cm³/mol. The molecule has 0 fully saturated rings. The molecule has 0 unspecified atom stereocenters. The Labute approximate surface area is 225 Å². The molecule has 0 saturated heterocycles. The number of amides is 4. The summed E-state index contributed by atoms with van der Waals surface area (Å²) in [5.74, 6) is -1.56. The number of rotatable bonds is 10. The third kappa shape index (κ3) is 10.9. The Morgan fingerprint density at radius 1 is 1.03 bits per heavy atom. The van der Waals surface area contributed by atoms with Gasteiger partial charge in [-0.1, -0.05) is 26.0 Å². The minimum atomic E-state index is -0.924. The van der Waals surface area contributed by atoms with Crippen LogP contribution in [0.3, 0.4) is 0 Å². The number of benzene rings is 1. The van der Waals surface area contributed by atoms with E-state index in [1.807, 2.05) is 38.1 Å². The molecule has 2 aliphatic heterocycles. The van der Waals surface area contributed by atoms with Crippen molar-refractivity contribution < 1.29 is 28.7 Å². The highest BCUT2D eigenvalue weighted by Gasteiger charge is 2.34. The molecule has 0 aliphatic carbocycles. The number of carbonyl (C=O) groups excluding carboxylic acids is 5. The van der Waals surface area contributed by atoms with Crippen LogP contribution in [0.25, 0.3) is 0 Å². The fraction of sp³-hybridized carbons (Fsp3) is 0.607. The molecule has 2 aliphatic rings. The molecule has 210 valence electrons. The molecule has 2 bridgehead atoms. The number of ether oxygens (including phenoxy) is 1. The summed E-state index contributed by atoms with van der Waals surface area (Å²) in [6, 6.07) is 6.40. The fourth-order valence-corrected chi connectivity index (χ4v) is 4.52. The van der Waals surface area contributed by atoms with E-state index in [0.717, 1.165) is 5.56 Å². The summed E-state index contributed by atoms with van der Waals surface area (Å²) >= 11 is 0. The largest absolute Gasteiger partial charge is 0.494 e. The average molecular weight is 531 g/mol. The summed E-state index contributed by atoms with van der Waals surface area (Å²) in [7, 11) is 0. The smallest absolute Gasteiger partial charge is 0.243 e. The van der Waals surface area contributed by atoms with Crippen LogP contribution in [0.15, 0.2) is 24.3 Å². The Hall–Kier alpha value is -3.43. The minimum Gasteiger partial charge on any atom is -0.494 e. The minimum absolute atomic E-state index is 0.0580. The molecule has 1 aromatic rings. The first-order chi connectivity index (χ1) is 18.1.